The maximum absolute atomic E-state index is 9.27. The Morgan fingerprint density at radius 1 is 1.15 bits per heavy atom. The molecule has 0 saturated heterocycles. The second-order valence-electron chi connectivity index (χ2n) is 5.34. The van der Waals surface area contributed by atoms with Crippen molar-refractivity contribution >= 4 is 34.8 Å². The van der Waals surface area contributed by atoms with E-state index in [-0.39, 0.29) is 24.1 Å². The molecule has 27 heavy (non-hydrogen) atoms. The molecular formula is C19H15Cl2N3O3. The van der Waals surface area contributed by atoms with Gasteiger partial charge in [0.25, 0.3) is 0 Å². The number of nitrogens with one attached hydrogen (secondary N) is 1. The van der Waals surface area contributed by atoms with Crippen LogP contribution in [0.15, 0.2) is 46.9 Å². The van der Waals surface area contributed by atoms with Crippen LogP contribution in [0.3, 0.4) is 0 Å². The standard InChI is InChI=1S/C19H15Cl2N3O3/c1-2-25-14-6-4-13(5-7-14)23-19-16(10-22)24-18(27-19)11-26-17-8-3-12(20)9-15(17)21/h3-9,23H,2,11H2,1H3. The van der Waals surface area contributed by atoms with Crippen molar-refractivity contribution in [2.75, 3.05) is 11.9 Å². The number of hydrogen-bond acceptors (Lipinski definition) is 6. The SMILES string of the molecule is CCOc1ccc(Nc2oc(COc3ccc(Cl)cc3Cl)nc2C#N)cc1. The van der Waals surface area contributed by atoms with Gasteiger partial charge in [0.2, 0.25) is 17.5 Å². The van der Waals surface area contributed by atoms with Gasteiger partial charge in [0.05, 0.1) is 11.6 Å². The van der Waals surface area contributed by atoms with E-state index in [1.165, 1.54) is 0 Å². The van der Waals surface area contributed by atoms with E-state index in [9.17, 15) is 5.26 Å². The van der Waals surface area contributed by atoms with E-state index in [4.69, 9.17) is 37.1 Å². The average Bonchev–Trinajstić information content (AvgIpc) is 3.04. The number of nitriles is 1. The van der Waals surface area contributed by atoms with Crippen molar-refractivity contribution in [2.24, 2.45) is 0 Å². The monoisotopic (exact) mass is 403 g/mol. The van der Waals surface area contributed by atoms with Gasteiger partial charge < -0.3 is 19.2 Å². The van der Waals surface area contributed by atoms with Crippen LogP contribution in [-0.4, -0.2) is 11.6 Å². The van der Waals surface area contributed by atoms with Gasteiger partial charge in [0, 0.05) is 10.7 Å². The third kappa shape index (κ3) is 4.85. The fourth-order valence-electron chi connectivity index (χ4n) is 2.25. The molecule has 2 aromatic carbocycles. The van der Waals surface area contributed by atoms with Gasteiger partial charge in [-0.2, -0.15) is 10.2 Å². The largest absolute Gasteiger partial charge is 0.494 e. The Kier molecular flexibility index (Phi) is 6.07. The number of hydrogen-bond donors (Lipinski definition) is 1. The molecule has 0 unspecified atom stereocenters. The molecule has 3 rings (SSSR count). The summed E-state index contributed by atoms with van der Waals surface area (Å²) in [6, 6.07) is 14.2. The molecular weight excluding hydrogens is 389 g/mol. The van der Waals surface area contributed by atoms with Gasteiger partial charge in [-0.1, -0.05) is 23.2 Å². The van der Waals surface area contributed by atoms with Crippen LogP contribution in [0.5, 0.6) is 11.5 Å². The summed E-state index contributed by atoms with van der Waals surface area (Å²) in [6.45, 7) is 2.52. The van der Waals surface area contributed by atoms with E-state index in [0.29, 0.717) is 22.4 Å². The zero-order valence-corrected chi connectivity index (χ0v) is 15.8. The van der Waals surface area contributed by atoms with Crippen molar-refractivity contribution < 1.29 is 13.9 Å². The minimum atomic E-state index is 0.0149. The van der Waals surface area contributed by atoms with E-state index in [1.807, 2.05) is 37.3 Å². The number of nitrogens with zero attached hydrogens (tertiary/aromatic N) is 2. The van der Waals surface area contributed by atoms with Gasteiger partial charge in [-0.05, 0) is 49.4 Å². The lowest BCUT2D eigenvalue weighted by Crippen LogP contribution is -1.96. The maximum Gasteiger partial charge on any atom is 0.236 e. The van der Waals surface area contributed by atoms with Gasteiger partial charge in [0.15, 0.2) is 6.61 Å². The van der Waals surface area contributed by atoms with Crippen molar-refractivity contribution in [3.05, 3.63) is 64.1 Å². The third-order valence-electron chi connectivity index (χ3n) is 3.45. The second kappa shape index (κ2) is 8.67. The first-order chi connectivity index (χ1) is 13.1. The summed E-state index contributed by atoms with van der Waals surface area (Å²) < 4.78 is 16.6. The van der Waals surface area contributed by atoms with Gasteiger partial charge >= 0.3 is 0 Å². The first-order valence-electron chi connectivity index (χ1n) is 8.06. The predicted octanol–water partition coefficient (Wildman–Crippen LogP) is 5.57. The minimum absolute atomic E-state index is 0.0149. The van der Waals surface area contributed by atoms with Crippen LogP contribution in [0, 0.1) is 11.3 Å². The molecule has 3 aromatic rings. The van der Waals surface area contributed by atoms with Gasteiger partial charge in [0.1, 0.15) is 17.6 Å². The topological polar surface area (TPSA) is 80.3 Å². The van der Waals surface area contributed by atoms with Gasteiger partial charge in [-0.3, -0.25) is 0 Å². The summed E-state index contributed by atoms with van der Waals surface area (Å²) in [7, 11) is 0. The molecule has 1 heterocycles. The summed E-state index contributed by atoms with van der Waals surface area (Å²) in [6.07, 6.45) is 0. The highest BCUT2D eigenvalue weighted by molar-refractivity contribution is 6.35. The van der Waals surface area contributed by atoms with Crippen molar-refractivity contribution in [3.63, 3.8) is 0 Å². The van der Waals surface area contributed by atoms with E-state index < -0.39 is 0 Å². The highest BCUT2D eigenvalue weighted by atomic mass is 35.5. The lowest BCUT2D eigenvalue weighted by molar-refractivity contribution is 0.265. The molecule has 0 fully saturated rings. The van der Waals surface area contributed by atoms with Gasteiger partial charge in [-0.25, -0.2) is 0 Å². The highest BCUT2D eigenvalue weighted by Crippen LogP contribution is 2.29. The van der Waals surface area contributed by atoms with Gasteiger partial charge in [-0.15, -0.1) is 0 Å². The molecule has 138 valence electrons. The molecule has 0 saturated carbocycles. The van der Waals surface area contributed by atoms with E-state index >= 15 is 0 Å². The summed E-state index contributed by atoms with van der Waals surface area (Å²) in [5.74, 6) is 1.68. The predicted molar refractivity (Wildman–Crippen MR) is 103 cm³/mol. The quantitative estimate of drug-likeness (QED) is 0.554. The van der Waals surface area contributed by atoms with Crippen LogP contribution in [0.1, 0.15) is 18.5 Å². The van der Waals surface area contributed by atoms with E-state index in [2.05, 4.69) is 10.3 Å². The first-order valence-corrected chi connectivity index (χ1v) is 8.82. The Morgan fingerprint density at radius 2 is 1.93 bits per heavy atom. The van der Waals surface area contributed by atoms with E-state index in [1.54, 1.807) is 18.2 Å². The smallest absolute Gasteiger partial charge is 0.236 e. The van der Waals surface area contributed by atoms with Crippen LogP contribution < -0.4 is 14.8 Å². The molecule has 0 aliphatic rings. The Balaban J connectivity index is 1.70. The molecule has 1 N–H and O–H groups in total. The average molecular weight is 404 g/mol. The highest BCUT2D eigenvalue weighted by Gasteiger charge is 2.14. The molecule has 0 radical (unpaired) electrons. The summed E-state index contributed by atoms with van der Waals surface area (Å²) in [5, 5.41) is 13.2. The lowest BCUT2D eigenvalue weighted by atomic mass is 10.3. The molecule has 6 nitrogen and oxygen atoms in total. The molecule has 8 heteroatoms. The molecule has 1 aromatic heterocycles. The van der Waals surface area contributed by atoms with Crippen molar-refractivity contribution in [3.8, 4) is 17.6 Å². The number of rotatable bonds is 7. The summed E-state index contributed by atoms with van der Waals surface area (Å²) in [4.78, 5) is 4.13. The zero-order valence-electron chi connectivity index (χ0n) is 14.3. The zero-order chi connectivity index (χ0) is 19.2. The molecule has 0 aliphatic carbocycles. The van der Waals surface area contributed by atoms with Crippen molar-refractivity contribution in [1.82, 2.24) is 4.98 Å². The minimum Gasteiger partial charge on any atom is -0.494 e. The Morgan fingerprint density at radius 3 is 2.59 bits per heavy atom. The number of benzene rings is 2. The van der Waals surface area contributed by atoms with E-state index in [0.717, 1.165) is 11.4 Å². The van der Waals surface area contributed by atoms with Crippen molar-refractivity contribution in [2.45, 2.75) is 13.5 Å². The van der Waals surface area contributed by atoms with Crippen LogP contribution in [0.4, 0.5) is 11.6 Å². The van der Waals surface area contributed by atoms with Crippen LogP contribution in [0.25, 0.3) is 0 Å². The number of halogens is 2. The second-order valence-corrected chi connectivity index (χ2v) is 6.19. The Hall–Kier alpha value is -2.88. The number of anilines is 2. The first kappa shape index (κ1) is 18.9. The normalized spacial score (nSPS) is 10.3. The fourth-order valence-corrected chi connectivity index (χ4v) is 2.71. The van der Waals surface area contributed by atoms with Crippen molar-refractivity contribution in [1.29, 1.82) is 5.26 Å². The molecule has 0 atom stereocenters. The molecule has 0 spiro atoms. The lowest BCUT2D eigenvalue weighted by Gasteiger charge is -2.06. The van der Waals surface area contributed by atoms with Crippen LogP contribution in [0.2, 0.25) is 10.0 Å². The fraction of sp³-hybridized carbons (Fsp3) is 0.158. The summed E-state index contributed by atoms with van der Waals surface area (Å²) >= 11 is 11.9. The molecule has 0 bridgehead atoms. The number of aromatic nitrogens is 1. The third-order valence-corrected chi connectivity index (χ3v) is 3.98. The molecule has 0 amide bonds. The maximum atomic E-state index is 9.27. The van der Waals surface area contributed by atoms with Crippen LogP contribution >= 0.6 is 23.2 Å². The molecule has 0 aliphatic heterocycles. The Bertz CT molecular complexity index is 965. The Labute approximate surface area is 166 Å². The summed E-state index contributed by atoms with van der Waals surface area (Å²) in [5.41, 5.74) is 0.865. The van der Waals surface area contributed by atoms with Crippen LogP contribution in [-0.2, 0) is 6.61 Å². The number of oxazole rings is 1. The number of ether oxygens (including phenoxy) is 2.